The molecule has 1 unspecified atom stereocenters. The van der Waals surface area contributed by atoms with Gasteiger partial charge in [0.05, 0.1) is 4.90 Å². The minimum atomic E-state index is -3.50. The lowest BCUT2D eigenvalue weighted by Crippen LogP contribution is -2.27. The molecule has 0 saturated carbocycles. The summed E-state index contributed by atoms with van der Waals surface area (Å²) in [5.74, 6) is 0.340. The molecule has 0 radical (unpaired) electrons. The summed E-state index contributed by atoms with van der Waals surface area (Å²) >= 11 is 0. The van der Waals surface area contributed by atoms with Gasteiger partial charge in [-0.1, -0.05) is 60.7 Å². The summed E-state index contributed by atoms with van der Waals surface area (Å²) in [6.45, 7) is 0. The average molecular weight is 447 g/mol. The molecule has 1 atom stereocenters. The second-order valence-corrected chi connectivity index (χ2v) is 9.04. The maximum absolute atomic E-state index is 12.7. The summed E-state index contributed by atoms with van der Waals surface area (Å²) in [5.41, 5.74) is 2.36. The Morgan fingerprint density at radius 3 is 2.31 bits per heavy atom. The highest BCUT2D eigenvalue weighted by Gasteiger charge is 2.20. The number of amides is 1. The molecule has 4 aromatic rings. The van der Waals surface area contributed by atoms with Crippen molar-refractivity contribution in [2.45, 2.75) is 10.9 Å². The second-order valence-electron chi connectivity index (χ2n) is 7.15. The van der Waals surface area contributed by atoms with E-state index in [1.54, 1.807) is 18.2 Å². The van der Waals surface area contributed by atoms with Crippen LogP contribution in [0.15, 0.2) is 100 Å². The third kappa shape index (κ3) is 4.80. The van der Waals surface area contributed by atoms with Gasteiger partial charge in [0.2, 0.25) is 15.9 Å². The SMILES string of the molecule is CNS(=O)(=O)c1ccc(/C=C/C(=O)NC(c2ccccc2)c2cc3ccccc3o2)cc1. The van der Waals surface area contributed by atoms with Crippen LogP contribution >= 0.6 is 0 Å². The van der Waals surface area contributed by atoms with Gasteiger partial charge in [-0.3, -0.25) is 4.79 Å². The molecule has 1 heterocycles. The second kappa shape index (κ2) is 9.21. The van der Waals surface area contributed by atoms with Gasteiger partial charge in [-0.2, -0.15) is 0 Å². The van der Waals surface area contributed by atoms with Crippen molar-refractivity contribution in [1.82, 2.24) is 10.0 Å². The van der Waals surface area contributed by atoms with E-state index in [-0.39, 0.29) is 10.8 Å². The number of carbonyl (C=O) groups excluding carboxylic acids is 1. The van der Waals surface area contributed by atoms with Crippen LogP contribution in [0.3, 0.4) is 0 Å². The van der Waals surface area contributed by atoms with Crippen molar-refractivity contribution in [3.05, 3.63) is 108 Å². The van der Waals surface area contributed by atoms with Gasteiger partial charge in [-0.25, -0.2) is 13.1 Å². The van der Waals surface area contributed by atoms with Crippen LogP contribution in [0.4, 0.5) is 0 Å². The first-order valence-corrected chi connectivity index (χ1v) is 11.5. The lowest BCUT2D eigenvalue weighted by Gasteiger charge is -2.16. The molecule has 1 amide bonds. The predicted molar refractivity (Wildman–Crippen MR) is 124 cm³/mol. The Bertz CT molecular complexity index is 1330. The van der Waals surface area contributed by atoms with Gasteiger partial charge < -0.3 is 9.73 Å². The lowest BCUT2D eigenvalue weighted by atomic mass is 10.0. The zero-order valence-corrected chi connectivity index (χ0v) is 18.2. The first-order valence-electron chi connectivity index (χ1n) is 10.0. The van der Waals surface area contributed by atoms with E-state index < -0.39 is 16.1 Å². The van der Waals surface area contributed by atoms with Crippen molar-refractivity contribution >= 4 is 33.0 Å². The fourth-order valence-electron chi connectivity index (χ4n) is 3.35. The Morgan fingerprint density at radius 2 is 1.62 bits per heavy atom. The lowest BCUT2D eigenvalue weighted by molar-refractivity contribution is -0.117. The van der Waals surface area contributed by atoms with Crippen LogP contribution in [0.1, 0.15) is 22.9 Å². The number of nitrogens with one attached hydrogen (secondary N) is 2. The minimum Gasteiger partial charge on any atom is -0.459 e. The van der Waals surface area contributed by atoms with E-state index in [2.05, 4.69) is 10.0 Å². The summed E-state index contributed by atoms with van der Waals surface area (Å²) < 4.78 is 31.9. The van der Waals surface area contributed by atoms with Gasteiger partial charge in [-0.05, 0) is 48.5 Å². The molecular formula is C25H22N2O4S. The highest BCUT2D eigenvalue weighted by molar-refractivity contribution is 7.89. The van der Waals surface area contributed by atoms with Gasteiger partial charge >= 0.3 is 0 Å². The average Bonchev–Trinajstić information content (AvgIpc) is 3.26. The van der Waals surface area contributed by atoms with E-state index in [0.29, 0.717) is 11.3 Å². The molecule has 0 aliphatic rings. The maximum atomic E-state index is 12.7. The molecular weight excluding hydrogens is 424 g/mol. The molecule has 0 saturated heterocycles. The number of rotatable bonds is 7. The first-order chi connectivity index (χ1) is 15.5. The highest BCUT2D eigenvalue weighted by atomic mass is 32.2. The normalized spacial score (nSPS) is 12.8. The molecule has 7 heteroatoms. The Morgan fingerprint density at radius 1 is 0.938 bits per heavy atom. The Kier molecular flexibility index (Phi) is 6.20. The first kappa shape index (κ1) is 21.5. The number of fused-ring (bicyclic) bond motifs is 1. The Balaban J connectivity index is 1.55. The van der Waals surface area contributed by atoms with Crippen LogP contribution in [0.2, 0.25) is 0 Å². The van der Waals surface area contributed by atoms with E-state index in [4.69, 9.17) is 4.42 Å². The summed E-state index contributed by atoms with van der Waals surface area (Å²) in [5, 5.41) is 3.96. The molecule has 32 heavy (non-hydrogen) atoms. The number of hydrogen-bond donors (Lipinski definition) is 2. The third-order valence-electron chi connectivity index (χ3n) is 5.03. The molecule has 0 aliphatic carbocycles. The van der Waals surface area contributed by atoms with Gasteiger partial charge in [0, 0.05) is 11.5 Å². The molecule has 0 fully saturated rings. The molecule has 2 N–H and O–H groups in total. The van der Waals surface area contributed by atoms with Crippen molar-refractivity contribution in [3.8, 4) is 0 Å². The van der Waals surface area contributed by atoms with Crippen LogP contribution in [-0.4, -0.2) is 21.4 Å². The van der Waals surface area contributed by atoms with Gasteiger partial charge in [0.1, 0.15) is 17.4 Å². The van der Waals surface area contributed by atoms with E-state index >= 15 is 0 Å². The molecule has 4 rings (SSSR count). The highest BCUT2D eigenvalue weighted by Crippen LogP contribution is 2.28. The van der Waals surface area contributed by atoms with E-state index in [1.165, 1.54) is 25.3 Å². The molecule has 1 aromatic heterocycles. The molecule has 0 bridgehead atoms. The van der Waals surface area contributed by atoms with Crippen LogP contribution in [0, 0.1) is 0 Å². The number of sulfonamides is 1. The van der Waals surface area contributed by atoms with Crippen molar-refractivity contribution < 1.29 is 17.6 Å². The summed E-state index contributed by atoms with van der Waals surface area (Å²) in [4.78, 5) is 12.9. The van der Waals surface area contributed by atoms with Crippen LogP contribution in [0.5, 0.6) is 0 Å². The molecule has 0 aliphatic heterocycles. The van der Waals surface area contributed by atoms with Crippen LogP contribution in [0.25, 0.3) is 17.0 Å². The topological polar surface area (TPSA) is 88.4 Å². The number of hydrogen-bond acceptors (Lipinski definition) is 4. The largest absolute Gasteiger partial charge is 0.459 e. The number of para-hydroxylation sites is 1. The smallest absolute Gasteiger partial charge is 0.244 e. The summed E-state index contributed by atoms with van der Waals surface area (Å²) in [6, 6.07) is 25.0. The quantitative estimate of drug-likeness (QED) is 0.415. The van der Waals surface area contributed by atoms with E-state index in [0.717, 1.165) is 16.5 Å². The van der Waals surface area contributed by atoms with Crippen molar-refractivity contribution in [3.63, 3.8) is 0 Å². The van der Waals surface area contributed by atoms with Crippen LogP contribution in [-0.2, 0) is 14.8 Å². The Labute approximate surface area is 186 Å². The molecule has 3 aromatic carbocycles. The summed E-state index contributed by atoms with van der Waals surface area (Å²) in [7, 11) is -2.14. The number of furan rings is 1. The predicted octanol–water partition coefficient (Wildman–Crippen LogP) is 4.26. The van der Waals surface area contributed by atoms with Crippen molar-refractivity contribution in [2.24, 2.45) is 0 Å². The zero-order valence-electron chi connectivity index (χ0n) is 17.4. The number of carbonyl (C=O) groups is 1. The fraction of sp³-hybridized carbons (Fsp3) is 0.0800. The summed E-state index contributed by atoms with van der Waals surface area (Å²) in [6.07, 6.45) is 3.05. The fourth-order valence-corrected chi connectivity index (χ4v) is 4.08. The number of benzene rings is 3. The molecule has 162 valence electrons. The Hall–Kier alpha value is -3.68. The van der Waals surface area contributed by atoms with Crippen molar-refractivity contribution in [2.75, 3.05) is 7.05 Å². The van der Waals surface area contributed by atoms with Gasteiger partial charge in [0.15, 0.2) is 0 Å². The van der Waals surface area contributed by atoms with Gasteiger partial charge in [0.25, 0.3) is 0 Å². The molecule has 0 spiro atoms. The standard InChI is InChI=1S/C25H22N2O4S/c1-26-32(29,30)21-14-11-18(12-15-21)13-16-24(28)27-25(19-7-3-2-4-8-19)23-17-20-9-5-6-10-22(20)31-23/h2-17,25-26H,1H3,(H,27,28)/b16-13+. The van der Waals surface area contributed by atoms with Crippen molar-refractivity contribution in [1.29, 1.82) is 0 Å². The van der Waals surface area contributed by atoms with E-state index in [1.807, 2.05) is 60.7 Å². The monoisotopic (exact) mass is 446 g/mol. The maximum Gasteiger partial charge on any atom is 0.244 e. The minimum absolute atomic E-state index is 0.163. The third-order valence-corrected chi connectivity index (χ3v) is 6.47. The van der Waals surface area contributed by atoms with Gasteiger partial charge in [-0.15, -0.1) is 0 Å². The zero-order chi connectivity index (χ0) is 22.6. The molecule has 6 nitrogen and oxygen atoms in total. The van der Waals surface area contributed by atoms with Crippen LogP contribution < -0.4 is 10.0 Å². The van der Waals surface area contributed by atoms with E-state index in [9.17, 15) is 13.2 Å².